The molecule has 0 spiro atoms. The van der Waals surface area contributed by atoms with E-state index in [0.29, 0.717) is 20.8 Å². The van der Waals surface area contributed by atoms with Gasteiger partial charge in [-0.25, -0.2) is 4.39 Å². The summed E-state index contributed by atoms with van der Waals surface area (Å²) in [4.78, 5) is 0.809. The Hall–Kier alpha value is -1.85. The van der Waals surface area contributed by atoms with Crippen LogP contribution in [-0.2, 0) is 4.74 Å². The van der Waals surface area contributed by atoms with Crippen molar-refractivity contribution in [1.82, 2.24) is 4.57 Å². The summed E-state index contributed by atoms with van der Waals surface area (Å²) in [5.41, 5.74) is 1.39. The minimum Gasteiger partial charge on any atom is -0.508 e. The standard InChI is InChI=1S/C21H21ClFNO6S/c1-9-4-11(22)17-13(5-9)24(21-20(29)19(28)18(27)14(8-25)30-21)7-16(17)31-15-3-2-10(26)6-12(15)23/h2-7,14,18-21,25-29H,8H2,1H3/t14-,18-,19+,20-,21-/m1/s1. The molecule has 31 heavy (non-hydrogen) atoms. The number of rotatable bonds is 4. The SMILES string of the molecule is Cc1cc(Cl)c2c(Sc3ccc(O)cc3F)cn([C@@H]3O[C@H](CO)[C@@H](O)[C@H](O)[C@H]3O)c2c1. The summed E-state index contributed by atoms with van der Waals surface area (Å²) in [7, 11) is 0. The molecule has 0 radical (unpaired) electrons. The van der Waals surface area contributed by atoms with E-state index in [1.54, 1.807) is 22.9 Å². The average Bonchev–Trinajstić information content (AvgIpc) is 3.07. The molecule has 2 heterocycles. The molecule has 5 atom stereocenters. The van der Waals surface area contributed by atoms with E-state index in [4.69, 9.17) is 16.3 Å². The molecule has 0 amide bonds. The Kier molecular flexibility index (Phi) is 6.19. The summed E-state index contributed by atoms with van der Waals surface area (Å²) in [6.07, 6.45) is -5.11. The fourth-order valence-corrected chi connectivity index (χ4v) is 5.16. The number of aromatic nitrogens is 1. The summed E-state index contributed by atoms with van der Waals surface area (Å²) < 4.78 is 21.6. The van der Waals surface area contributed by atoms with E-state index in [-0.39, 0.29) is 10.6 Å². The highest BCUT2D eigenvalue weighted by Crippen LogP contribution is 2.43. The highest BCUT2D eigenvalue weighted by atomic mass is 35.5. The van der Waals surface area contributed by atoms with Crippen molar-refractivity contribution in [3.05, 3.63) is 52.9 Å². The maximum atomic E-state index is 14.3. The highest BCUT2D eigenvalue weighted by Gasteiger charge is 2.44. The first-order chi connectivity index (χ1) is 14.7. The molecular weight excluding hydrogens is 449 g/mol. The van der Waals surface area contributed by atoms with E-state index in [9.17, 15) is 29.9 Å². The van der Waals surface area contributed by atoms with Gasteiger partial charge in [-0.05, 0) is 36.8 Å². The van der Waals surface area contributed by atoms with Crippen LogP contribution in [0.5, 0.6) is 5.75 Å². The van der Waals surface area contributed by atoms with Gasteiger partial charge in [0.2, 0.25) is 0 Å². The Bertz CT molecular complexity index is 1120. The number of aromatic hydroxyl groups is 1. The fourth-order valence-electron chi connectivity index (χ4n) is 3.72. The second kappa shape index (κ2) is 8.59. The number of aliphatic hydroxyl groups excluding tert-OH is 4. The van der Waals surface area contributed by atoms with Crippen molar-refractivity contribution >= 4 is 34.3 Å². The van der Waals surface area contributed by atoms with Crippen LogP contribution in [0.2, 0.25) is 5.02 Å². The number of phenolic OH excluding ortho intramolecular Hbond substituents is 1. The second-order valence-electron chi connectivity index (χ2n) is 7.48. The summed E-state index contributed by atoms with van der Waals surface area (Å²) in [5, 5.41) is 50.8. The molecule has 1 fully saturated rings. The van der Waals surface area contributed by atoms with Crippen LogP contribution in [0, 0.1) is 12.7 Å². The lowest BCUT2D eigenvalue weighted by molar-refractivity contribution is -0.250. The van der Waals surface area contributed by atoms with Gasteiger partial charge < -0.3 is 34.8 Å². The Labute approximate surface area is 186 Å². The largest absolute Gasteiger partial charge is 0.508 e. The molecule has 166 valence electrons. The molecule has 10 heteroatoms. The zero-order chi connectivity index (χ0) is 22.4. The van der Waals surface area contributed by atoms with Crippen molar-refractivity contribution in [3.63, 3.8) is 0 Å². The third-order valence-corrected chi connectivity index (χ3v) is 6.65. The molecule has 1 aromatic heterocycles. The number of ether oxygens (including phenoxy) is 1. The van der Waals surface area contributed by atoms with E-state index in [0.717, 1.165) is 23.4 Å². The number of fused-ring (bicyclic) bond motifs is 1. The Morgan fingerprint density at radius 1 is 1.10 bits per heavy atom. The Balaban J connectivity index is 1.84. The van der Waals surface area contributed by atoms with Crippen molar-refractivity contribution < 1.29 is 34.7 Å². The van der Waals surface area contributed by atoms with Crippen LogP contribution >= 0.6 is 23.4 Å². The van der Waals surface area contributed by atoms with Crippen LogP contribution in [0.4, 0.5) is 4.39 Å². The molecule has 1 saturated heterocycles. The second-order valence-corrected chi connectivity index (χ2v) is 8.97. The molecule has 3 aromatic rings. The van der Waals surface area contributed by atoms with E-state index in [2.05, 4.69) is 0 Å². The number of aliphatic hydroxyl groups is 4. The Morgan fingerprint density at radius 2 is 1.84 bits per heavy atom. The highest BCUT2D eigenvalue weighted by molar-refractivity contribution is 7.99. The van der Waals surface area contributed by atoms with Crippen molar-refractivity contribution in [3.8, 4) is 5.75 Å². The normalized spacial score (nSPS) is 26.5. The van der Waals surface area contributed by atoms with Gasteiger partial charge in [-0.15, -0.1) is 0 Å². The average molecular weight is 470 g/mol. The number of phenols is 1. The van der Waals surface area contributed by atoms with Gasteiger partial charge in [0, 0.05) is 27.4 Å². The predicted octanol–water partition coefficient (Wildman–Crippen LogP) is 2.57. The third kappa shape index (κ3) is 4.03. The fraction of sp³-hybridized carbons (Fsp3) is 0.333. The smallest absolute Gasteiger partial charge is 0.163 e. The van der Waals surface area contributed by atoms with E-state index >= 15 is 0 Å². The van der Waals surface area contributed by atoms with Crippen LogP contribution in [0.25, 0.3) is 10.9 Å². The molecule has 7 nitrogen and oxygen atoms in total. The third-order valence-electron chi connectivity index (χ3n) is 5.27. The number of benzene rings is 2. The summed E-state index contributed by atoms with van der Waals surface area (Å²) in [6, 6.07) is 7.37. The lowest BCUT2D eigenvalue weighted by atomic mass is 9.98. The van der Waals surface area contributed by atoms with Crippen molar-refractivity contribution in [2.75, 3.05) is 6.61 Å². The molecule has 0 bridgehead atoms. The number of aryl methyl sites for hydroxylation is 1. The summed E-state index contributed by atoms with van der Waals surface area (Å²) in [5.74, 6) is -0.804. The van der Waals surface area contributed by atoms with Gasteiger partial charge in [-0.1, -0.05) is 23.4 Å². The summed E-state index contributed by atoms with van der Waals surface area (Å²) >= 11 is 7.58. The van der Waals surface area contributed by atoms with Crippen LogP contribution in [0.3, 0.4) is 0 Å². The van der Waals surface area contributed by atoms with Gasteiger partial charge in [0.1, 0.15) is 36.0 Å². The minimum atomic E-state index is -1.54. The van der Waals surface area contributed by atoms with Crippen LogP contribution in [0.1, 0.15) is 11.8 Å². The maximum Gasteiger partial charge on any atom is 0.163 e. The van der Waals surface area contributed by atoms with Gasteiger partial charge in [0.15, 0.2) is 6.23 Å². The van der Waals surface area contributed by atoms with Crippen LogP contribution < -0.4 is 0 Å². The van der Waals surface area contributed by atoms with Crippen molar-refractivity contribution in [2.24, 2.45) is 0 Å². The number of nitrogens with zero attached hydrogens (tertiary/aromatic N) is 1. The number of halogens is 2. The van der Waals surface area contributed by atoms with E-state index in [1.807, 2.05) is 6.92 Å². The first kappa shape index (κ1) is 22.3. The van der Waals surface area contributed by atoms with Crippen LogP contribution in [0.15, 0.2) is 46.3 Å². The van der Waals surface area contributed by atoms with E-state index < -0.39 is 43.1 Å². The molecule has 0 unspecified atom stereocenters. The topological polar surface area (TPSA) is 115 Å². The number of hydrogen-bond acceptors (Lipinski definition) is 7. The van der Waals surface area contributed by atoms with Gasteiger partial charge in [0.05, 0.1) is 17.1 Å². The molecule has 1 aliphatic rings. The summed E-state index contributed by atoms with van der Waals surface area (Å²) in [6.45, 7) is 1.28. The molecule has 1 aliphatic heterocycles. The lowest BCUT2D eigenvalue weighted by Crippen LogP contribution is -2.56. The predicted molar refractivity (Wildman–Crippen MR) is 113 cm³/mol. The molecule has 0 saturated carbocycles. The first-order valence-corrected chi connectivity index (χ1v) is 10.7. The van der Waals surface area contributed by atoms with E-state index in [1.165, 1.54) is 12.1 Å². The van der Waals surface area contributed by atoms with Gasteiger partial charge >= 0.3 is 0 Å². The zero-order valence-electron chi connectivity index (χ0n) is 16.3. The molecule has 0 aliphatic carbocycles. The minimum absolute atomic E-state index is 0.195. The lowest BCUT2D eigenvalue weighted by Gasteiger charge is -2.40. The van der Waals surface area contributed by atoms with Crippen molar-refractivity contribution in [1.29, 1.82) is 0 Å². The molecule has 4 rings (SSSR count). The molecular formula is C21H21ClFNO6S. The van der Waals surface area contributed by atoms with Crippen LogP contribution in [-0.4, -0.2) is 61.1 Å². The zero-order valence-corrected chi connectivity index (χ0v) is 17.9. The van der Waals surface area contributed by atoms with Gasteiger partial charge in [-0.3, -0.25) is 0 Å². The quantitative estimate of drug-likeness (QED) is 0.399. The first-order valence-electron chi connectivity index (χ1n) is 9.49. The van der Waals surface area contributed by atoms with Crippen molar-refractivity contribution in [2.45, 2.75) is 47.4 Å². The molecule has 5 N–H and O–H groups in total. The van der Waals surface area contributed by atoms with Gasteiger partial charge in [0.25, 0.3) is 0 Å². The number of hydrogen-bond donors (Lipinski definition) is 5. The van der Waals surface area contributed by atoms with Gasteiger partial charge in [-0.2, -0.15) is 0 Å². The monoisotopic (exact) mass is 469 g/mol. The molecule has 2 aromatic carbocycles. The maximum absolute atomic E-state index is 14.3. The Morgan fingerprint density at radius 3 is 2.52 bits per heavy atom.